The smallest absolute Gasteiger partial charge is 0.249 e. The van der Waals surface area contributed by atoms with Crippen LogP contribution in [-0.4, -0.2) is 63.7 Å². The summed E-state index contributed by atoms with van der Waals surface area (Å²) in [6.45, 7) is 5.01. The van der Waals surface area contributed by atoms with Crippen LogP contribution in [0, 0.1) is 11.8 Å². The number of hydrogen-bond acceptors (Lipinski definition) is 9. The van der Waals surface area contributed by atoms with E-state index in [1.165, 1.54) is 7.11 Å². The zero-order valence-electron chi connectivity index (χ0n) is 22.4. The zero-order valence-corrected chi connectivity index (χ0v) is 24.0. The third-order valence-corrected chi connectivity index (χ3v) is 8.32. The van der Waals surface area contributed by atoms with Crippen LogP contribution in [0.2, 0.25) is 5.02 Å². The number of nitrogens with two attached hydrogens (primary N) is 1. The summed E-state index contributed by atoms with van der Waals surface area (Å²) in [6.07, 6.45) is 2.73. The number of sulfonamides is 1. The van der Waals surface area contributed by atoms with Gasteiger partial charge in [-0.1, -0.05) is 48.9 Å². The number of anilines is 2. The van der Waals surface area contributed by atoms with Crippen molar-refractivity contribution in [2.45, 2.75) is 32.2 Å². The number of ether oxygens (including phenoxy) is 1. The van der Waals surface area contributed by atoms with Gasteiger partial charge in [-0.25, -0.2) is 13.4 Å². The average molecular weight is 563 g/mol. The second-order valence-electron chi connectivity index (χ2n) is 10.3. The molecular weight excluding hydrogens is 528 g/mol. The van der Waals surface area contributed by atoms with E-state index in [1.807, 2.05) is 49.2 Å². The predicted octanol–water partition coefficient (Wildman–Crippen LogP) is 3.71. The molecule has 10 nitrogen and oxygen atoms in total. The van der Waals surface area contributed by atoms with Crippen LogP contribution in [0.3, 0.4) is 0 Å². The third kappa shape index (κ3) is 6.45. The molecule has 0 bridgehead atoms. The molecule has 0 aliphatic heterocycles. The van der Waals surface area contributed by atoms with Crippen molar-refractivity contribution in [1.82, 2.24) is 15.2 Å². The fraction of sp³-hybridized carbons (Fsp3) is 0.500. The molecule has 4 rings (SSSR count). The Morgan fingerprint density at radius 3 is 2.55 bits per heavy atom. The third-order valence-electron chi connectivity index (χ3n) is 6.80. The van der Waals surface area contributed by atoms with Crippen molar-refractivity contribution in [2.75, 3.05) is 49.3 Å². The summed E-state index contributed by atoms with van der Waals surface area (Å²) in [5, 5.41) is 8.56. The first-order valence-corrected chi connectivity index (χ1v) is 14.7. The number of benzene rings is 1. The summed E-state index contributed by atoms with van der Waals surface area (Å²) in [4.78, 5) is 6.66. The van der Waals surface area contributed by atoms with Crippen LogP contribution < -0.4 is 14.9 Å². The first kappa shape index (κ1) is 28.3. The van der Waals surface area contributed by atoms with E-state index in [4.69, 9.17) is 26.5 Å². The topological polar surface area (TPSA) is 128 Å². The van der Waals surface area contributed by atoms with E-state index in [1.54, 1.807) is 6.07 Å². The van der Waals surface area contributed by atoms with Gasteiger partial charge in [0.2, 0.25) is 21.8 Å². The van der Waals surface area contributed by atoms with E-state index in [2.05, 4.69) is 22.1 Å². The highest BCUT2D eigenvalue weighted by molar-refractivity contribution is 7.92. The molecule has 3 atom stereocenters. The molecule has 0 radical (unpaired) electrons. The molecule has 1 aliphatic carbocycles. The minimum atomic E-state index is -3.72. The number of halogens is 1. The van der Waals surface area contributed by atoms with Crippen LogP contribution in [0.4, 0.5) is 11.6 Å². The number of pyridine rings is 1. The van der Waals surface area contributed by atoms with E-state index >= 15 is 0 Å². The zero-order chi connectivity index (χ0) is 27.7. The van der Waals surface area contributed by atoms with Gasteiger partial charge >= 0.3 is 0 Å². The minimum Gasteiger partial charge on any atom is -0.419 e. The van der Waals surface area contributed by atoms with Crippen LogP contribution in [0.25, 0.3) is 11.5 Å². The molecular formula is C26H35ClN6O4S. The summed E-state index contributed by atoms with van der Waals surface area (Å²) in [7, 11) is -0.302. The molecule has 2 N–H and O–H groups in total. The summed E-state index contributed by atoms with van der Waals surface area (Å²) >= 11 is 6.81. The Kier molecular flexibility index (Phi) is 8.32. The molecule has 2 aromatic heterocycles. The van der Waals surface area contributed by atoms with E-state index < -0.39 is 15.6 Å². The van der Waals surface area contributed by atoms with Crippen molar-refractivity contribution >= 4 is 33.3 Å². The first-order chi connectivity index (χ1) is 17.9. The molecule has 1 saturated carbocycles. The quantitative estimate of drug-likeness (QED) is 0.351. The van der Waals surface area contributed by atoms with Crippen molar-refractivity contribution < 1.29 is 17.6 Å². The summed E-state index contributed by atoms with van der Waals surface area (Å²) in [5.41, 5.74) is 7.06. The molecule has 12 heteroatoms. The van der Waals surface area contributed by atoms with Crippen LogP contribution in [0.5, 0.6) is 0 Å². The molecule has 0 saturated heterocycles. The van der Waals surface area contributed by atoms with Gasteiger partial charge in [0, 0.05) is 20.7 Å². The SMILES string of the molecule is COCCN(c1nc(N(C)CC2CC2C)cc(-c2nnc([C@](C)(N)Cc3ccccc3)o2)c1Cl)S(C)(=O)=O. The Bertz CT molecular complexity index is 1370. The molecule has 38 heavy (non-hydrogen) atoms. The maximum atomic E-state index is 12.7. The monoisotopic (exact) mass is 562 g/mol. The lowest BCUT2D eigenvalue weighted by atomic mass is 9.94. The van der Waals surface area contributed by atoms with Crippen molar-refractivity contribution in [2.24, 2.45) is 17.6 Å². The maximum Gasteiger partial charge on any atom is 0.249 e. The second-order valence-corrected chi connectivity index (χ2v) is 12.6. The maximum absolute atomic E-state index is 12.7. The lowest BCUT2D eigenvalue weighted by molar-refractivity contribution is 0.208. The predicted molar refractivity (Wildman–Crippen MR) is 149 cm³/mol. The summed E-state index contributed by atoms with van der Waals surface area (Å²) in [5.74, 6) is 2.19. The van der Waals surface area contributed by atoms with Crippen LogP contribution in [0.1, 0.15) is 31.7 Å². The highest BCUT2D eigenvalue weighted by Gasteiger charge is 2.35. The molecule has 1 aromatic carbocycles. The average Bonchev–Trinajstić information content (AvgIpc) is 3.31. The Labute approximate surface area is 229 Å². The van der Waals surface area contributed by atoms with Gasteiger partial charge in [-0.2, -0.15) is 0 Å². The molecule has 1 aliphatic rings. The molecule has 3 aromatic rings. The van der Waals surface area contributed by atoms with E-state index in [0.29, 0.717) is 29.6 Å². The molecule has 0 amide bonds. The Morgan fingerprint density at radius 2 is 1.95 bits per heavy atom. The molecule has 206 valence electrons. The molecule has 1 fully saturated rings. The van der Waals surface area contributed by atoms with Crippen LogP contribution >= 0.6 is 11.6 Å². The number of rotatable bonds is 12. The van der Waals surface area contributed by atoms with Crippen LogP contribution in [-0.2, 0) is 26.7 Å². The van der Waals surface area contributed by atoms with Crippen molar-refractivity contribution in [3.05, 3.63) is 52.9 Å². The summed E-state index contributed by atoms with van der Waals surface area (Å²) in [6, 6.07) is 11.5. The Morgan fingerprint density at radius 1 is 1.26 bits per heavy atom. The molecule has 2 heterocycles. The second kappa shape index (κ2) is 11.2. The highest BCUT2D eigenvalue weighted by atomic mass is 35.5. The Hall–Kier alpha value is -2.73. The van der Waals surface area contributed by atoms with Crippen molar-refractivity contribution in [3.63, 3.8) is 0 Å². The number of methoxy groups -OCH3 is 1. The normalized spacial score (nSPS) is 18.7. The summed E-state index contributed by atoms with van der Waals surface area (Å²) < 4.78 is 37.8. The van der Waals surface area contributed by atoms with Gasteiger partial charge in [-0.05, 0) is 43.2 Å². The van der Waals surface area contributed by atoms with Gasteiger partial charge in [0.1, 0.15) is 5.82 Å². The van der Waals surface area contributed by atoms with E-state index in [0.717, 1.165) is 29.1 Å². The number of nitrogens with zero attached hydrogens (tertiary/aromatic N) is 5. The van der Waals surface area contributed by atoms with Gasteiger partial charge in [-0.3, -0.25) is 4.31 Å². The van der Waals surface area contributed by atoms with Gasteiger partial charge in [0.15, 0.2) is 5.82 Å². The van der Waals surface area contributed by atoms with Crippen molar-refractivity contribution in [3.8, 4) is 11.5 Å². The van der Waals surface area contributed by atoms with E-state index in [9.17, 15) is 8.42 Å². The van der Waals surface area contributed by atoms with Gasteiger partial charge in [-0.15, -0.1) is 10.2 Å². The van der Waals surface area contributed by atoms with E-state index in [-0.39, 0.29) is 35.8 Å². The van der Waals surface area contributed by atoms with Gasteiger partial charge < -0.3 is 19.8 Å². The van der Waals surface area contributed by atoms with Crippen LogP contribution in [0.15, 0.2) is 40.8 Å². The largest absolute Gasteiger partial charge is 0.419 e. The fourth-order valence-electron chi connectivity index (χ4n) is 4.38. The standard InChI is InChI=1S/C26H35ClN6O4S/c1-17-13-19(17)16-32(3)21-14-20(22(27)23(29-21)33(11-12-36-4)38(5,34)35)24-30-31-25(37-24)26(2,28)15-18-9-7-6-8-10-18/h6-10,14,17,19H,11-13,15-16,28H2,1-5H3/t17?,19?,26-/m1/s1. The Balaban J connectivity index is 1.76. The highest BCUT2D eigenvalue weighted by Crippen LogP contribution is 2.41. The lowest BCUT2D eigenvalue weighted by Gasteiger charge is -2.26. The minimum absolute atomic E-state index is 0.0430. The lowest BCUT2D eigenvalue weighted by Crippen LogP contribution is -2.35. The molecule has 2 unspecified atom stereocenters. The van der Waals surface area contributed by atoms with Gasteiger partial charge in [0.25, 0.3) is 0 Å². The fourth-order valence-corrected chi connectivity index (χ4v) is 5.56. The first-order valence-electron chi connectivity index (χ1n) is 12.5. The van der Waals surface area contributed by atoms with Gasteiger partial charge in [0.05, 0.1) is 35.5 Å². The number of aromatic nitrogens is 3. The number of hydrogen-bond donors (Lipinski definition) is 1. The van der Waals surface area contributed by atoms with Crippen molar-refractivity contribution in [1.29, 1.82) is 0 Å². The molecule has 0 spiro atoms.